The van der Waals surface area contributed by atoms with Gasteiger partial charge in [-0.05, 0) is 12.2 Å². The molecule has 3 N–H and O–H groups in total. The van der Waals surface area contributed by atoms with Crippen LogP contribution in [0.4, 0.5) is 0 Å². The molecule has 0 aliphatic heterocycles. The smallest absolute Gasteiger partial charge is 0.326 e. The van der Waals surface area contributed by atoms with E-state index in [-0.39, 0.29) is 17.3 Å². The summed E-state index contributed by atoms with van der Waals surface area (Å²) in [7, 11) is 1.58. The minimum absolute atomic E-state index is 0.0480. The van der Waals surface area contributed by atoms with E-state index in [0.717, 1.165) is 0 Å². The monoisotopic (exact) mass is 218 g/mol. The van der Waals surface area contributed by atoms with Crippen LogP contribution in [0.1, 0.15) is 19.8 Å². The minimum atomic E-state index is -1.08. The molecule has 0 heterocycles. The molecule has 0 spiro atoms. The van der Waals surface area contributed by atoms with Crippen LogP contribution in [0.5, 0.6) is 0 Å². The molecular formula is C8H14N2O3S. The van der Waals surface area contributed by atoms with E-state index in [1.807, 2.05) is 0 Å². The van der Waals surface area contributed by atoms with Gasteiger partial charge in [-0.2, -0.15) is 0 Å². The molecule has 1 unspecified atom stereocenters. The third-order valence-electron chi connectivity index (χ3n) is 1.66. The van der Waals surface area contributed by atoms with Gasteiger partial charge < -0.3 is 15.7 Å². The van der Waals surface area contributed by atoms with Crippen molar-refractivity contribution in [2.75, 3.05) is 7.05 Å². The summed E-state index contributed by atoms with van der Waals surface area (Å²) >= 11 is 4.74. The number of hydrogen-bond donors (Lipinski definition) is 3. The molecule has 0 aliphatic rings. The number of Topliss-reactive ketones (excluding diaryl/α,β-unsaturated/α-hetero) is 1. The molecule has 0 aromatic rings. The van der Waals surface area contributed by atoms with Crippen molar-refractivity contribution in [1.29, 1.82) is 0 Å². The summed E-state index contributed by atoms with van der Waals surface area (Å²) in [6.45, 7) is 1.69. The van der Waals surface area contributed by atoms with Gasteiger partial charge in [-0.1, -0.05) is 6.92 Å². The summed E-state index contributed by atoms with van der Waals surface area (Å²) in [4.78, 5) is 21.7. The predicted octanol–water partition coefficient (Wildman–Crippen LogP) is -0.0973. The van der Waals surface area contributed by atoms with E-state index in [1.54, 1.807) is 14.0 Å². The average molecular weight is 218 g/mol. The summed E-state index contributed by atoms with van der Waals surface area (Å²) in [5.74, 6) is -1.19. The van der Waals surface area contributed by atoms with Crippen molar-refractivity contribution < 1.29 is 14.7 Å². The molecule has 0 saturated carbocycles. The third-order valence-corrected chi connectivity index (χ3v) is 1.98. The van der Waals surface area contributed by atoms with Crippen molar-refractivity contribution in [2.45, 2.75) is 25.8 Å². The van der Waals surface area contributed by atoms with Crippen molar-refractivity contribution in [3.8, 4) is 0 Å². The van der Waals surface area contributed by atoms with Gasteiger partial charge in [0.05, 0.1) is 0 Å². The van der Waals surface area contributed by atoms with Gasteiger partial charge >= 0.3 is 5.97 Å². The number of nitrogens with one attached hydrogen (secondary N) is 2. The topological polar surface area (TPSA) is 78.4 Å². The molecule has 5 nitrogen and oxygen atoms in total. The van der Waals surface area contributed by atoms with E-state index in [1.165, 1.54) is 0 Å². The summed E-state index contributed by atoms with van der Waals surface area (Å²) in [5.41, 5.74) is 0. The Balaban J connectivity index is 4.23. The number of carboxylic acids is 1. The second-order valence-electron chi connectivity index (χ2n) is 2.71. The number of carboxylic acid groups (broad SMARTS) is 1. The maximum atomic E-state index is 11.0. The van der Waals surface area contributed by atoms with Gasteiger partial charge in [0.15, 0.2) is 5.11 Å². The molecule has 80 valence electrons. The lowest BCUT2D eigenvalue weighted by Gasteiger charge is -2.14. The SMILES string of the molecule is CCC(=O)CC(NC(=S)NC)C(=O)O. The lowest BCUT2D eigenvalue weighted by atomic mass is 10.1. The van der Waals surface area contributed by atoms with E-state index in [2.05, 4.69) is 10.6 Å². The van der Waals surface area contributed by atoms with Crippen LogP contribution in [0.25, 0.3) is 0 Å². The van der Waals surface area contributed by atoms with E-state index >= 15 is 0 Å². The zero-order valence-corrected chi connectivity index (χ0v) is 8.98. The summed E-state index contributed by atoms with van der Waals surface area (Å²) in [6, 6.07) is -0.942. The van der Waals surface area contributed by atoms with Crippen LogP contribution in [0.15, 0.2) is 0 Å². The molecule has 0 rings (SSSR count). The Kier molecular flexibility index (Phi) is 5.78. The molecule has 6 heteroatoms. The second-order valence-corrected chi connectivity index (χ2v) is 3.12. The van der Waals surface area contributed by atoms with Gasteiger partial charge in [-0.15, -0.1) is 0 Å². The highest BCUT2D eigenvalue weighted by Gasteiger charge is 2.20. The Labute approximate surface area is 87.9 Å². The highest BCUT2D eigenvalue weighted by Crippen LogP contribution is 1.97. The number of ketones is 1. The van der Waals surface area contributed by atoms with Gasteiger partial charge in [0.25, 0.3) is 0 Å². The fraction of sp³-hybridized carbons (Fsp3) is 0.625. The van der Waals surface area contributed by atoms with E-state index in [9.17, 15) is 9.59 Å². The Morgan fingerprint density at radius 3 is 2.43 bits per heavy atom. The second kappa shape index (κ2) is 6.31. The Bertz CT molecular complexity index is 225. The normalized spacial score (nSPS) is 11.6. The number of carbonyl (C=O) groups is 2. The first-order valence-corrected chi connectivity index (χ1v) is 4.64. The molecule has 0 amide bonds. The predicted molar refractivity (Wildman–Crippen MR) is 56.1 cm³/mol. The number of carbonyl (C=O) groups excluding carboxylic acids is 1. The van der Waals surface area contributed by atoms with Crippen LogP contribution in [0.2, 0.25) is 0 Å². The molecule has 0 saturated heterocycles. The molecular weight excluding hydrogens is 204 g/mol. The van der Waals surface area contributed by atoms with E-state index < -0.39 is 12.0 Å². The van der Waals surface area contributed by atoms with Crippen LogP contribution >= 0.6 is 12.2 Å². The quantitative estimate of drug-likeness (QED) is 0.559. The number of aliphatic carboxylic acids is 1. The van der Waals surface area contributed by atoms with Crippen molar-refractivity contribution >= 4 is 29.1 Å². The Hall–Kier alpha value is -1.17. The number of thiocarbonyl (C=S) groups is 1. The number of rotatable bonds is 5. The molecule has 0 bridgehead atoms. The van der Waals surface area contributed by atoms with Crippen LogP contribution < -0.4 is 10.6 Å². The lowest BCUT2D eigenvalue weighted by Crippen LogP contribution is -2.45. The Morgan fingerprint density at radius 2 is 2.07 bits per heavy atom. The van der Waals surface area contributed by atoms with Gasteiger partial charge in [-0.3, -0.25) is 4.79 Å². The van der Waals surface area contributed by atoms with Gasteiger partial charge in [0, 0.05) is 19.9 Å². The molecule has 0 aromatic carbocycles. The van der Waals surface area contributed by atoms with Gasteiger partial charge in [0.2, 0.25) is 0 Å². The van der Waals surface area contributed by atoms with Crippen molar-refractivity contribution in [3.05, 3.63) is 0 Å². The molecule has 1 atom stereocenters. The Morgan fingerprint density at radius 1 is 1.50 bits per heavy atom. The standard InChI is InChI=1S/C8H14N2O3S/c1-3-5(11)4-6(7(12)13)10-8(14)9-2/h6H,3-4H2,1-2H3,(H,12,13)(H2,9,10,14). The lowest BCUT2D eigenvalue weighted by molar-refractivity contribution is -0.140. The minimum Gasteiger partial charge on any atom is -0.480 e. The van der Waals surface area contributed by atoms with Crippen LogP contribution in [0, 0.1) is 0 Å². The maximum Gasteiger partial charge on any atom is 0.326 e. The third kappa shape index (κ3) is 4.76. The summed E-state index contributed by atoms with van der Waals surface area (Å²) in [6.07, 6.45) is 0.283. The van der Waals surface area contributed by atoms with Crippen molar-refractivity contribution in [2.24, 2.45) is 0 Å². The van der Waals surface area contributed by atoms with Crippen molar-refractivity contribution in [1.82, 2.24) is 10.6 Å². The van der Waals surface area contributed by atoms with Crippen LogP contribution in [0.3, 0.4) is 0 Å². The highest BCUT2D eigenvalue weighted by molar-refractivity contribution is 7.80. The summed E-state index contributed by atoms with van der Waals surface area (Å²) in [5, 5.41) is 14.1. The van der Waals surface area contributed by atoms with Gasteiger partial charge in [0.1, 0.15) is 11.8 Å². The molecule has 0 fully saturated rings. The fourth-order valence-electron chi connectivity index (χ4n) is 0.803. The fourth-order valence-corrected chi connectivity index (χ4v) is 0.945. The van der Waals surface area contributed by atoms with Gasteiger partial charge in [-0.25, -0.2) is 4.79 Å². The molecule has 0 aromatic heterocycles. The first kappa shape index (κ1) is 12.8. The molecule has 0 aliphatic carbocycles. The average Bonchev–Trinajstić information content (AvgIpc) is 2.16. The summed E-state index contributed by atoms with van der Waals surface area (Å²) < 4.78 is 0. The zero-order valence-electron chi connectivity index (χ0n) is 8.16. The van der Waals surface area contributed by atoms with E-state index in [4.69, 9.17) is 17.3 Å². The number of hydrogen-bond acceptors (Lipinski definition) is 3. The van der Waals surface area contributed by atoms with Crippen LogP contribution in [-0.4, -0.2) is 35.1 Å². The maximum absolute atomic E-state index is 11.0. The first-order chi connectivity index (χ1) is 6.51. The molecule has 14 heavy (non-hydrogen) atoms. The van der Waals surface area contributed by atoms with Crippen LogP contribution in [-0.2, 0) is 9.59 Å². The van der Waals surface area contributed by atoms with Crippen molar-refractivity contribution in [3.63, 3.8) is 0 Å². The van der Waals surface area contributed by atoms with E-state index in [0.29, 0.717) is 6.42 Å². The highest BCUT2D eigenvalue weighted by atomic mass is 32.1. The zero-order chi connectivity index (χ0) is 11.1. The largest absolute Gasteiger partial charge is 0.480 e. The molecule has 0 radical (unpaired) electrons. The first-order valence-electron chi connectivity index (χ1n) is 4.24.